The van der Waals surface area contributed by atoms with Crippen molar-refractivity contribution in [2.45, 2.75) is 12.5 Å². The largest absolute Gasteiger partial charge is 0.324 e. The maximum absolute atomic E-state index is 13.8. The topological polar surface area (TPSA) is 26.0 Å². The highest BCUT2D eigenvalue weighted by Gasteiger charge is 2.14. The van der Waals surface area contributed by atoms with E-state index in [2.05, 4.69) is 0 Å². The Hall–Kier alpha value is -0.720. The third kappa shape index (κ3) is 3.43. The standard InChI is InChI=1S/C14H11ClF2IN/c15-11-3-1-2-8(14(11)17)6-13(19)10-5-4-9(16)7-12(10)18/h1-5,7,13H,6,19H2. The van der Waals surface area contributed by atoms with Crippen LogP contribution in [0.2, 0.25) is 5.02 Å². The smallest absolute Gasteiger partial charge is 0.145 e. The molecule has 100 valence electrons. The zero-order chi connectivity index (χ0) is 14.0. The van der Waals surface area contributed by atoms with Gasteiger partial charge >= 0.3 is 0 Å². The first kappa shape index (κ1) is 14.7. The molecule has 0 fully saturated rings. The van der Waals surface area contributed by atoms with Crippen LogP contribution in [0.25, 0.3) is 0 Å². The SMILES string of the molecule is NC(Cc1cccc(Cl)c1F)c1ccc(F)cc1I. The lowest BCUT2D eigenvalue weighted by Crippen LogP contribution is -2.15. The van der Waals surface area contributed by atoms with E-state index in [1.54, 1.807) is 18.2 Å². The molecule has 0 bridgehead atoms. The van der Waals surface area contributed by atoms with E-state index in [1.807, 2.05) is 22.6 Å². The van der Waals surface area contributed by atoms with Crippen LogP contribution in [0.1, 0.15) is 17.2 Å². The second-order valence-corrected chi connectivity index (χ2v) is 5.76. The Morgan fingerprint density at radius 2 is 1.95 bits per heavy atom. The van der Waals surface area contributed by atoms with Gasteiger partial charge in [-0.15, -0.1) is 0 Å². The molecule has 2 N–H and O–H groups in total. The Morgan fingerprint density at radius 3 is 2.63 bits per heavy atom. The molecule has 0 spiro atoms. The molecule has 0 radical (unpaired) electrons. The van der Waals surface area contributed by atoms with E-state index >= 15 is 0 Å². The highest BCUT2D eigenvalue weighted by atomic mass is 127. The minimum Gasteiger partial charge on any atom is -0.324 e. The Labute approximate surface area is 128 Å². The summed E-state index contributed by atoms with van der Waals surface area (Å²) in [4.78, 5) is 0. The molecule has 0 aromatic heterocycles. The third-order valence-corrected chi connectivity index (χ3v) is 4.06. The van der Waals surface area contributed by atoms with Crippen molar-refractivity contribution in [3.63, 3.8) is 0 Å². The summed E-state index contributed by atoms with van der Waals surface area (Å²) in [6, 6.07) is 8.81. The molecule has 1 unspecified atom stereocenters. The van der Waals surface area contributed by atoms with E-state index in [0.717, 1.165) is 9.13 Å². The monoisotopic (exact) mass is 393 g/mol. The number of rotatable bonds is 3. The van der Waals surface area contributed by atoms with Crippen molar-refractivity contribution in [3.8, 4) is 0 Å². The fourth-order valence-corrected chi connectivity index (χ4v) is 2.93. The van der Waals surface area contributed by atoms with Crippen LogP contribution >= 0.6 is 34.2 Å². The highest BCUT2D eigenvalue weighted by Crippen LogP contribution is 2.25. The Morgan fingerprint density at radius 1 is 1.21 bits per heavy atom. The van der Waals surface area contributed by atoms with Gasteiger partial charge in [0, 0.05) is 9.61 Å². The number of hydrogen-bond acceptors (Lipinski definition) is 1. The molecule has 1 nitrogen and oxygen atoms in total. The van der Waals surface area contributed by atoms with Crippen molar-refractivity contribution in [2.75, 3.05) is 0 Å². The number of halogens is 4. The van der Waals surface area contributed by atoms with Crippen LogP contribution < -0.4 is 5.73 Å². The molecule has 5 heteroatoms. The van der Waals surface area contributed by atoms with Gasteiger partial charge in [0.25, 0.3) is 0 Å². The molecular formula is C14H11ClF2IN. The zero-order valence-corrected chi connectivity index (χ0v) is 12.8. The van der Waals surface area contributed by atoms with E-state index in [1.165, 1.54) is 18.2 Å². The predicted octanol–water partition coefficient (Wildman–Crippen LogP) is 4.47. The zero-order valence-electron chi connectivity index (χ0n) is 9.84. The van der Waals surface area contributed by atoms with E-state index in [4.69, 9.17) is 17.3 Å². The van der Waals surface area contributed by atoms with E-state index in [0.29, 0.717) is 12.0 Å². The van der Waals surface area contributed by atoms with Crippen LogP contribution in [0.15, 0.2) is 36.4 Å². The van der Waals surface area contributed by atoms with E-state index in [9.17, 15) is 8.78 Å². The summed E-state index contributed by atoms with van der Waals surface area (Å²) < 4.78 is 27.6. The molecule has 0 saturated heterocycles. The molecule has 2 aromatic carbocycles. The summed E-state index contributed by atoms with van der Waals surface area (Å²) in [6.45, 7) is 0. The summed E-state index contributed by atoms with van der Waals surface area (Å²) in [7, 11) is 0. The van der Waals surface area contributed by atoms with Gasteiger partial charge in [-0.25, -0.2) is 8.78 Å². The van der Waals surface area contributed by atoms with Crippen LogP contribution in [0.3, 0.4) is 0 Å². The molecule has 19 heavy (non-hydrogen) atoms. The van der Waals surface area contributed by atoms with Gasteiger partial charge in [0.05, 0.1) is 5.02 Å². The second-order valence-electron chi connectivity index (χ2n) is 4.19. The first-order valence-electron chi connectivity index (χ1n) is 5.62. The lowest BCUT2D eigenvalue weighted by molar-refractivity contribution is 0.591. The molecule has 0 saturated carbocycles. The fraction of sp³-hybridized carbons (Fsp3) is 0.143. The molecule has 0 aliphatic heterocycles. The minimum atomic E-state index is -0.447. The highest BCUT2D eigenvalue weighted by molar-refractivity contribution is 14.1. The second kappa shape index (κ2) is 6.15. The molecular weight excluding hydrogens is 383 g/mol. The van der Waals surface area contributed by atoms with Crippen LogP contribution in [0, 0.1) is 15.2 Å². The maximum atomic E-state index is 13.8. The lowest BCUT2D eigenvalue weighted by Gasteiger charge is -2.15. The van der Waals surface area contributed by atoms with Crippen molar-refractivity contribution < 1.29 is 8.78 Å². The maximum Gasteiger partial charge on any atom is 0.145 e. The normalized spacial score (nSPS) is 12.5. The minimum absolute atomic E-state index is 0.0819. The number of benzene rings is 2. The molecule has 2 aromatic rings. The Bertz CT molecular complexity index is 604. The molecule has 0 aliphatic carbocycles. The predicted molar refractivity (Wildman–Crippen MR) is 81.2 cm³/mol. The third-order valence-electron chi connectivity index (χ3n) is 2.83. The van der Waals surface area contributed by atoms with Gasteiger partial charge in [0.15, 0.2) is 0 Å². The Kier molecular flexibility index (Phi) is 4.76. The molecule has 0 heterocycles. The van der Waals surface area contributed by atoms with Crippen LogP contribution in [-0.4, -0.2) is 0 Å². The molecule has 0 aliphatic rings. The fourth-order valence-electron chi connectivity index (χ4n) is 1.86. The molecule has 1 atom stereocenters. The average molecular weight is 394 g/mol. The Balaban J connectivity index is 2.25. The van der Waals surface area contributed by atoms with Gasteiger partial charge in [-0.05, 0) is 58.3 Å². The van der Waals surface area contributed by atoms with Crippen LogP contribution in [0.4, 0.5) is 8.78 Å². The number of nitrogens with two attached hydrogens (primary N) is 1. The van der Waals surface area contributed by atoms with Gasteiger partial charge in [0.2, 0.25) is 0 Å². The first-order valence-corrected chi connectivity index (χ1v) is 7.08. The van der Waals surface area contributed by atoms with Crippen LogP contribution in [0.5, 0.6) is 0 Å². The van der Waals surface area contributed by atoms with Crippen molar-refractivity contribution in [2.24, 2.45) is 5.73 Å². The first-order chi connectivity index (χ1) is 8.99. The van der Waals surface area contributed by atoms with Crippen LogP contribution in [-0.2, 0) is 6.42 Å². The quantitative estimate of drug-likeness (QED) is 0.765. The summed E-state index contributed by atoms with van der Waals surface area (Å²) >= 11 is 7.75. The molecule has 0 amide bonds. The van der Waals surface area contributed by atoms with Gasteiger partial charge in [-0.2, -0.15) is 0 Å². The number of hydrogen-bond donors (Lipinski definition) is 1. The van der Waals surface area contributed by atoms with Crippen molar-refractivity contribution in [3.05, 3.63) is 67.8 Å². The van der Waals surface area contributed by atoms with Gasteiger partial charge in [0.1, 0.15) is 11.6 Å². The van der Waals surface area contributed by atoms with Crippen molar-refractivity contribution >= 4 is 34.2 Å². The lowest BCUT2D eigenvalue weighted by atomic mass is 9.99. The van der Waals surface area contributed by atoms with Crippen molar-refractivity contribution in [1.82, 2.24) is 0 Å². The van der Waals surface area contributed by atoms with E-state index < -0.39 is 11.9 Å². The van der Waals surface area contributed by atoms with Gasteiger partial charge in [-0.3, -0.25) is 0 Å². The summed E-state index contributed by atoms with van der Waals surface area (Å²) in [5.74, 6) is -0.758. The summed E-state index contributed by atoms with van der Waals surface area (Å²) in [6.07, 6.45) is 0.314. The molecule has 2 rings (SSSR count). The summed E-state index contributed by atoms with van der Waals surface area (Å²) in [5, 5.41) is 0.0819. The van der Waals surface area contributed by atoms with E-state index in [-0.39, 0.29) is 10.8 Å². The van der Waals surface area contributed by atoms with Gasteiger partial charge < -0.3 is 5.73 Å². The average Bonchev–Trinajstić information content (AvgIpc) is 2.34. The van der Waals surface area contributed by atoms with Crippen molar-refractivity contribution in [1.29, 1.82) is 0 Å². The summed E-state index contributed by atoms with van der Waals surface area (Å²) in [5.41, 5.74) is 7.31. The van der Waals surface area contributed by atoms with Gasteiger partial charge in [-0.1, -0.05) is 29.8 Å².